The Hall–Kier alpha value is -1.85. The molecule has 8 heteroatoms. The van der Waals surface area contributed by atoms with Crippen LogP contribution in [-0.2, 0) is 14.6 Å². The molecule has 2 aliphatic heterocycles. The van der Waals surface area contributed by atoms with Gasteiger partial charge in [0.05, 0.1) is 23.6 Å². The molecule has 0 N–H and O–H groups in total. The number of benzene rings is 1. The quantitative estimate of drug-likeness (QED) is 0.803. The maximum atomic E-state index is 12.0. The van der Waals surface area contributed by atoms with Crippen molar-refractivity contribution in [3.8, 4) is 6.07 Å². The Morgan fingerprint density at radius 1 is 1.36 bits per heavy atom. The van der Waals surface area contributed by atoms with Crippen molar-refractivity contribution >= 4 is 38.4 Å². The van der Waals surface area contributed by atoms with Gasteiger partial charge in [-0.05, 0) is 23.6 Å². The molecular formula is C17H19N3O3S2. The fraction of sp³-hybridized carbons (Fsp3) is 0.471. The van der Waals surface area contributed by atoms with Crippen molar-refractivity contribution < 1.29 is 13.2 Å². The van der Waals surface area contributed by atoms with E-state index in [4.69, 9.17) is 5.26 Å². The van der Waals surface area contributed by atoms with E-state index in [0.717, 1.165) is 5.69 Å². The molecule has 1 aromatic rings. The summed E-state index contributed by atoms with van der Waals surface area (Å²) >= 11 is 1.32. The number of nitriles is 1. The van der Waals surface area contributed by atoms with E-state index in [1.807, 2.05) is 29.2 Å². The summed E-state index contributed by atoms with van der Waals surface area (Å²) in [4.78, 5) is 17.7. The summed E-state index contributed by atoms with van der Waals surface area (Å²) in [6.45, 7) is 4.21. The van der Waals surface area contributed by atoms with Crippen molar-refractivity contribution in [2.45, 2.75) is 37.5 Å². The number of aliphatic imine (C=N–C) groups is 1. The smallest absolute Gasteiger partial charge is 0.262 e. The summed E-state index contributed by atoms with van der Waals surface area (Å²) < 4.78 is 24.0. The second kappa shape index (κ2) is 6.81. The van der Waals surface area contributed by atoms with Gasteiger partial charge in [-0.3, -0.25) is 4.79 Å². The van der Waals surface area contributed by atoms with Gasteiger partial charge in [0, 0.05) is 10.9 Å². The Morgan fingerprint density at radius 2 is 2.04 bits per heavy atom. The highest BCUT2D eigenvalue weighted by atomic mass is 32.2. The van der Waals surface area contributed by atoms with Gasteiger partial charge < -0.3 is 4.90 Å². The topological polar surface area (TPSA) is 90.6 Å². The lowest BCUT2D eigenvalue weighted by atomic mass is 10.0. The average molecular weight is 377 g/mol. The molecule has 6 nitrogen and oxygen atoms in total. The van der Waals surface area contributed by atoms with Crippen LogP contribution in [0.5, 0.6) is 0 Å². The summed E-state index contributed by atoms with van der Waals surface area (Å²) in [5.74, 6) is 0.0414. The molecule has 2 saturated heterocycles. The molecule has 2 atom stereocenters. The van der Waals surface area contributed by atoms with E-state index in [9.17, 15) is 13.2 Å². The zero-order valence-corrected chi connectivity index (χ0v) is 15.7. The van der Waals surface area contributed by atoms with Crippen molar-refractivity contribution in [1.82, 2.24) is 0 Å². The molecule has 1 aromatic carbocycles. The number of carbonyl (C=O) groups excluding carboxylic acids is 1. The molecule has 0 spiro atoms. The molecule has 0 bridgehead atoms. The van der Waals surface area contributed by atoms with Gasteiger partial charge in [-0.1, -0.05) is 37.7 Å². The Kier molecular flexibility index (Phi) is 4.89. The van der Waals surface area contributed by atoms with Gasteiger partial charge >= 0.3 is 0 Å². The zero-order valence-electron chi connectivity index (χ0n) is 14.0. The number of rotatable bonds is 3. The molecule has 2 heterocycles. The summed E-state index contributed by atoms with van der Waals surface area (Å²) in [5.41, 5.74) is 2.01. The van der Waals surface area contributed by atoms with Crippen LogP contribution in [0.4, 0.5) is 5.69 Å². The first-order valence-corrected chi connectivity index (χ1v) is 10.8. The van der Waals surface area contributed by atoms with Gasteiger partial charge in [0.2, 0.25) is 0 Å². The number of hydrogen-bond acceptors (Lipinski definition) is 5. The lowest BCUT2D eigenvalue weighted by molar-refractivity contribution is -0.116. The highest BCUT2D eigenvalue weighted by molar-refractivity contribution is 8.16. The van der Waals surface area contributed by atoms with Crippen LogP contribution in [0, 0.1) is 11.3 Å². The third-order valence-corrected chi connectivity index (χ3v) is 7.56. The molecule has 0 radical (unpaired) electrons. The second-order valence-electron chi connectivity index (χ2n) is 6.54. The van der Waals surface area contributed by atoms with Gasteiger partial charge in [0.1, 0.15) is 6.42 Å². The normalized spacial score (nSPS) is 26.0. The lowest BCUT2D eigenvalue weighted by Gasteiger charge is -2.25. The maximum absolute atomic E-state index is 12.0. The van der Waals surface area contributed by atoms with Crippen LogP contribution in [0.15, 0.2) is 29.3 Å². The minimum atomic E-state index is -3.08. The second-order valence-corrected chi connectivity index (χ2v) is 9.90. The number of nitrogens with zero attached hydrogens (tertiary/aromatic N) is 3. The third kappa shape index (κ3) is 3.72. The SMILES string of the molecule is CC(C)c1ccc(N2C(=NC(=O)CC#N)S[C@H]3CS(=O)(=O)C[C@H]32)cc1. The van der Waals surface area contributed by atoms with Gasteiger partial charge in [-0.25, -0.2) is 8.42 Å². The van der Waals surface area contributed by atoms with E-state index in [2.05, 4.69) is 18.8 Å². The number of amides is 1. The molecule has 25 heavy (non-hydrogen) atoms. The number of anilines is 1. The molecule has 2 fully saturated rings. The number of amidine groups is 1. The van der Waals surface area contributed by atoms with Gasteiger partial charge in [-0.15, -0.1) is 0 Å². The Labute approximate surface area is 151 Å². The summed E-state index contributed by atoms with van der Waals surface area (Å²) in [7, 11) is -3.08. The highest BCUT2D eigenvalue weighted by Gasteiger charge is 2.49. The van der Waals surface area contributed by atoms with Crippen LogP contribution < -0.4 is 4.90 Å². The fourth-order valence-electron chi connectivity index (χ4n) is 3.10. The Morgan fingerprint density at radius 3 is 2.64 bits per heavy atom. The predicted molar refractivity (Wildman–Crippen MR) is 99.5 cm³/mol. The largest absolute Gasteiger partial charge is 0.316 e. The molecule has 132 valence electrons. The number of carbonyl (C=O) groups is 1. The highest BCUT2D eigenvalue weighted by Crippen LogP contribution is 2.41. The standard InChI is InChI=1S/C17H19N3O3S2/c1-11(2)12-3-5-13(6-4-12)20-14-9-25(22,23)10-15(14)24-17(20)19-16(21)7-8-18/h3-6,11,14-15H,7,9-10H2,1-2H3/t14-,15+/m1/s1. The van der Waals surface area contributed by atoms with Crippen LogP contribution >= 0.6 is 11.8 Å². The number of sulfone groups is 1. The number of hydrogen-bond donors (Lipinski definition) is 0. The predicted octanol–water partition coefficient (Wildman–Crippen LogP) is 2.33. The monoisotopic (exact) mass is 377 g/mol. The molecule has 1 amide bonds. The van der Waals surface area contributed by atoms with E-state index in [0.29, 0.717) is 11.1 Å². The molecule has 0 unspecified atom stereocenters. The van der Waals surface area contributed by atoms with Crippen molar-refractivity contribution in [2.75, 3.05) is 16.4 Å². The van der Waals surface area contributed by atoms with Crippen LogP contribution in [-0.4, -0.2) is 42.3 Å². The van der Waals surface area contributed by atoms with Crippen LogP contribution in [0.3, 0.4) is 0 Å². The first-order chi connectivity index (χ1) is 11.8. The van der Waals surface area contributed by atoms with Gasteiger partial charge in [0.25, 0.3) is 5.91 Å². The number of fused-ring (bicyclic) bond motifs is 1. The van der Waals surface area contributed by atoms with Crippen molar-refractivity contribution in [1.29, 1.82) is 5.26 Å². The summed E-state index contributed by atoms with van der Waals surface area (Å²) in [5, 5.41) is 9.02. The summed E-state index contributed by atoms with van der Waals surface area (Å²) in [6.07, 6.45) is -0.280. The van der Waals surface area contributed by atoms with E-state index in [1.165, 1.54) is 17.3 Å². The van der Waals surface area contributed by atoms with Crippen LogP contribution in [0.2, 0.25) is 0 Å². The van der Waals surface area contributed by atoms with Crippen LogP contribution in [0.1, 0.15) is 31.7 Å². The van der Waals surface area contributed by atoms with Crippen molar-refractivity contribution in [2.24, 2.45) is 4.99 Å². The first kappa shape index (κ1) is 18.0. The van der Waals surface area contributed by atoms with E-state index >= 15 is 0 Å². The Balaban J connectivity index is 1.97. The minimum absolute atomic E-state index is 0.0576. The third-order valence-electron chi connectivity index (χ3n) is 4.36. The fourth-order valence-corrected chi connectivity index (χ4v) is 7.03. The van der Waals surface area contributed by atoms with E-state index in [-0.39, 0.29) is 29.2 Å². The minimum Gasteiger partial charge on any atom is -0.316 e. The van der Waals surface area contributed by atoms with Crippen LogP contribution in [0.25, 0.3) is 0 Å². The van der Waals surface area contributed by atoms with Crippen molar-refractivity contribution in [3.63, 3.8) is 0 Å². The molecule has 0 aromatic heterocycles. The van der Waals surface area contributed by atoms with E-state index < -0.39 is 15.7 Å². The summed E-state index contributed by atoms with van der Waals surface area (Å²) in [6, 6.07) is 9.47. The molecule has 3 rings (SSSR count). The molecule has 0 aliphatic carbocycles. The van der Waals surface area contributed by atoms with Crippen molar-refractivity contribution in [3.05, 3.63) is 29.8 Å². The first-order valence-electron chi connectivity index (χ1n) is 8.05. The average Bonchev–Trinajstić information content (AvgIpc) is 2.98. The van der Waals surface area contributed by atoms with E-state index in [1.54, 1.807) is 6.07 Å². The van der Waals surface area contributed by atoms with Gasteiger partial charge in [-0.2, -0.15) is 10.3 Å². The zero-order chi connectivity index (χ0) is 18.2. The lowest BCUT2D eigenvalue weighted by Crippen LogP contribution is -2.37. The molecule has 0 saturated carbocycles. The molecule has 2 aliphatic rings. The Bertz CT molecular complexity index is 854. The maximum Gasteiger partial charge on any atom is 0.262 e. The molecular weight excluding hydrogens is 358 g/mol. The van der Waals surface area contributed by atoms with Gasteiger partial charge in [0.15, 0.2) is 15.0 Å². The number of thioether (sulfide) groups is 1.